The molecule has 0 atom stereocenters. The summed E-state index contributed by atoms with van der Waals surface area (Å²) in [6.07, 6.45) is -2.31. The summed E-state index contributed by atoms with van der Waals surface area (Å²) < 4.78 is 51.3. The number of para-hydroxylation sites is 1. The van der Waals surface area contributed by atoms with Gasteiger partial charge in [0.05, 0.1) is 12.0 Å². The van der Waals surface area contributed by atoms with Crippen LogP contribution in [0.25, 0.3) is 0 Å². The Morgan fingerprint density at radius 2 is 1.68 bits per heavy atom. The quantitative estimate of drug-likeness (QED) is 0.197. The number of rotatable bonds is 11. The molecule has 3 aromatic rings. The number of nitrogens with zero attached hydrogens (tertiary/aromatic N) is 1. The molecule has 3 N–H and O–H groups in total. The first-order valence-corrected chi connectivity index (χ1v) is 12.8. The van der Waals surface area contributed by atoms with E-state index in [0.29, 0.717) is 42.7 Å². The van der Waals surface area contributed by atoms with Crippen LogP contribution >= 0.6 is 0 Å². The molecule has 1 heterocycles. The number of aliphatic carboxylic acids is 1. The summed E-state index contributed by atoms with van der Waals surface area (Å²) in [6.45, 7) is -0.0514. The van der Waals surface area contributed by atoms with E-state index < -0.39 is 35.5 Å². The van der Waals surface area contributed by atoms with Gasteiger partial charge in [0, 0.05) is 24.2 Å². The number of halogens is 3. The van der Waals surface area contributed by atoms with Crippen LogP contribution in [0.5, 0.6) is 5.75 Å². The van der Waals surface area contributed by atoms with Gasteiger partial charge in [0.15, 0.2) is 11.5 Å². The molecule has 12 heteroatoms. The SMILES string of the molecule is O=C(CCCNC(=O)c1oc(Nc2ccccc2)nc1C(F)(F)F)c1ccc(OC2CCC(C(=O)O)CC2)cc1. The van der Waals surface area contributed by atoms with Crippen molar-refractivity contribution in [3.05, 3.63) is 71.6 Å². The van der Waals surface area contributed by atoms with Gasteiger partial charge in [0.2, 0.25) is 5.76 Å². The fraction of sp³-hybridized carbons (Fsp3) is 0.357. The minimum Gasteiger partial charge on any atom is -0.490 e. The number of aromatic nitrogens is 1. The van der Waals surface area contributed by atoms with Crippen molar-refractivity contribution in [2.45, 2.75) is 50.8 Å². The highest BCUT2D eigenvalue weighted by Crippen LogP contribution is 2.34. The molecule has 0 spiro atoms. The maximum atomic E-state index is 13.4. The Labute approximate surface area is 227 Å². The maximum Gasteiger partial charge on any atom is 0.437 e. The van der Waals surface area contributed by atoms with Crippen molar-refractivity contribution < 1.29 is 41.8 Å². The molecule has 1 fully saturated rings. The average molecular weight is 560 g/mol. The first-order valence-electron chi connectivity index (χ1n) is 12.8. The lowest BCUT2D eigenvalue weighted by Crippen LogP contribution is -2.27. The molecule has 0 unspecified atom stereocenters. The minimum absolute atomic E-state index is 0.0514. The zero-order valence-electron chi connectivity index (χ0n) is 21.4. The Hall–Kier alpha value is -4.35. The summed E-state index contributed by atoms with van der Waals surface area (Å²) in [5, 5.41) is 14.0. The van der Waals surface area contributed by atoms with Gasteiger partial charge in [-0.1, -0.05) is 18.2 Å². The monoisotopic (exact) mass is 559 g/mol. The van der Waals surface area contributed by atoms with E-state index >= 15 is 0 Å². The van der Waals surface area contributed by atoms with Crippen molar-refractivity contribution in [2.75, 3.05) is 11.9 Å². The third kappa shape index (κ3) is 7.61. The topological polar surface area (TPSA) is 131 Å². The third-order valence-corrected chi connectivity index (χ3v) is 6.50. The van der Waals surface area contributed by atoms with Crippen molar-refractivity contribution >= 4 is 29.4 Å². The van der Waals surface area contributed by atoms with Crippen molar-refractivity contribution in [1.29, 1.82) is 0 Å². The highest BCUT2D eigenvalue weighted by Gasteiger charge is 2.41. The molecular formula is C28H28F3N3O6. The molecule has 1 saturated carbocycles. The van der Waals surface area contributed by atoms with Gasteiger partial charge in [-0.3, -0.25) is 14.4 Å². The van der Waals surface area contributed by atoms with Crippen LogP contribution in [0.15, 0.2) is 59.0 Å². The number of oxazole rings is 1. The average Bonchev–Trinajstić information content (AvgIpc) is 3.37. The van der Waals surface area contributed by atoms with Crippen LogP contribution in [-0.2, 0) is 11.0 Å². The molecule has 212 valence electrons. The molecule has 0 radical (unpaired) electrons. The molecule has 0 bridgehead atoms. The van der Waals surface area contributed by atoms with Crippen LogP contribution in [-0.4, -0.2) is 40.4 Å². The van der Waals surface area contributed by atoms with Crippen molar-refractivity contribution in [3.63, 3.8) is 0 Å². The summed E-state index contributed by atoms with van der Waals surface area (Å²) >= 11 is 0. The number of carbonyl (C=O) groups is 3. The molecule has 1 aliphatic carbocycles. The van der Waals surface area contributed by atoms with Crippen molar-refractivity contribution in [1.82, 2.24) is 10.3 Å². The van der Waals surface area contributed by atoms with Gasteiger partial charge >= 0.3 is 12.1 Å². The number of amides is 1. The number of ether oxygens (including phenoxy) is 1. The van der Waals surface area contributed by atoms with Crippen LogP contribution in [0.2, 0.25) is 0 Å². The fourth-order valence-corrected chi connectivity index (χ4v) is 4.38. The van der Waals surface area contributed by atoms with Gasteiger partial charge in [-0.15, -0.1) is 0 Å². The maximum absolute atomic E-state index is 13.4. The number of hydrogen-bond donors (Lipinski definition) is 3. The predicted octanol–water partition coefficient (Wildman–Crippen LogP) is 5.85. The van der Waals surface area contributed by atoms with Crippen LogP contribution < -0.4 is 15.4 Å². The highest BCUT2D eigenvalue weighted by atomic mass is 19.4. The molecule has 4 rings (SSSR count). The Morgan fingerprint density at radius 3 is 2.30 bits per heavy atom. The number of ketones is 1. The second-order valence-corrected chi connectivity index (χ2v) is 9.42. The Balaban J connectivity index is 1.25. The molecule has 1 aliphatic rings. The molecule has 40 heavy (non-hydrogen) atoms. The number of alkyl halides is 3. The summed E-state index contributed by atoms with van der Waals surface area (Å²) in [7, 11) is 0. The van der Waals surface area contributed by atoms with E-state index in [-0.39, 0.29) is 37.2 Å². The molecule has 9 nitrogen and oxygen atoms in total. The molecule has 0 saturated heterocycles. The number of nitrogens with one attached hydrogen (secondary N) is 2. The number of carboxylic acid groups (broad SMARTS) is 1. The zero-order chi connectivity index (χ0) is 28.7. The first-order chi connectivity index (χ1) is 19.1. The van der Waals surface area contributed by atoms with E-state index in [1.54, 1.807) is 54.6 Å². The van der Waals surface area contributed by atoms with E-state index in [1.165, 1.54) is 0 Å². The van der Waals surface area contributed by atoms with Crippen molar-refractivity contribution in [2.24, 2.45) is 5.92 Å². The Morgan fingerprint density at radius 1 is 1.00 bits per heavy atom. The number of Topliss-reactive ketones (excluding diaryl/α,β-unsaturated/α-hetero) is 1. The number of benzene rings is 2. The normalized spacial score (nSPS) is 17.2. The molecule has 1 amide bonds. The van der Waals surface area contributed by atoms with Crippen LogP contribution in [0.3, 0.4) is 0 Å². The second-order valence-electron chi connectivity index (χ2n) is 9.42. The highest BCUT2D eigenvalue weighted by molar-refractivity contribution is 5.96. The standard InChI is InChI=1S/C28H28F3N3O6/c29-28(30,31)24-23(40-27(34-24)33-19-5-2-1-3-6-19)25(36)32-16-4-7-22(35)17-8-12-20(13-9-17)39-21-14-10-18(11-15-21)26(37)38/h1-3,5-6,8-9,12-13,18,21H,4,7,10-11,14-16H2,(H,32,36)(H,33,34)(H,37,38). The zero-order valence-corrected chi connectivity index (χ0v) is 21.4. The lowest BCUT2D eigenvalue weighted by molar-refractivity contribution is -0.143. The summed E-state index contributed by atoms with van der Waals surface area (Å²) in [4.78, 5) is 39.4. The van der Waals surface area contributed by atoms with Crippen molar-refractivity contribution in [3.8, 4) is 5.75 Å². The smallest absolute Gasteiger partial charge is 0.437 e. The van der Waals surface area contributed by atoms with Gasteiger partial charge in [-0.05, 0) is 68.5 Å². The van der Waals surface area contributed by atoms with E-state index in [9.17, 15) is 27.6 Å². The van der Waals surface area contributed by atoms with E-state index in [0.717, 1.165) is 0 Å². The lowest BCUT2D eigenvalue weighted by atomic mass is 9.87. The van der Waals surface area contributed by atoms with Gasteiger partial charge in [-0.25, -0.2) is 0 Å². The van der Waals surface area contributed by atoms with Crippen LogP contribution in [0.4, 0.5) is 24.9 Å². The number of carboxylic acids is 1. The first kappa shape index (κ1) is 28.7. The fourth-order valence-electron chi connectivity index (χ4n) is 4.38. The van der Waals surface area contributed by atoms with E-state index in [1.807, 2.05) is 0 Å². The summed E-state index contributed by atoms with van der Waals surface area (Å²) in [5.74, 6) is -2.79. The Kier molecular flexibility index (Phi) is 9.08. The number of anilines is 2. The largest absolute Gasteiger partial charge is 0.490 e. The summed E-state index contributed by atoms with van der Waals surface area (Å²) in [5.41, 5.74) is -0.582. The molecule has 2 aromatic carbocycles. The minimum atomic E-state index is -4.91. The van der Waals surface area contributed by atoms with Gasteiger partial charge in [0.25, 0.3) is 11.9 Å². The predicted molar refractivity (Wildman–Crippen MR) is 138 cm³/mol. The third-order valence-electron chi connectivity index (χ3n) is 6.50. The lowest BCUT2D eigenvalue weighted by Gasteiger charge is -2.26. The van der Waals surface area contributed by atoms with Gasteiger partial charge in [0.1, 0.15) is 5.75 Å². The molecule has 0 aliphatic heterocycles. The number of carbonyl (C=O) groups excluding carboxylic acids is 2. The van der Waals surface area contributed by atoms with Gasteiger partial charge < -0.3 is 24.9 Å². The van der Waals surface area contributed by atoms with E-state index in [2.05, 4.69) is 15.6 Å². The number of hydrogen-bond acceptors (Lipinski definition) is 7. The summed E-state index contributed by atoms with van der Waals surface area (Å²) in [6, 6.07) is 14.4. The van der Waals surface area contributed by atoms with Gasteiger partial charge in [-0.2, -0.15) is 18.2 Å². The van der Waals surface area contributed by atoms with Crippen LogP contribution in [0.1, 0.15) is 65.1 Å². The molecular weight excluding hydrogens is 531 g/mol. The molecule has 1 aromatic heterocycles. The Bertz CT molecular complexity index is 1320. The van der Waals surface area contributed by atoms with Crippen LogP contribution in [0, 0.1) is 5.92 Å². The van der Waals surface area contributed by atoms with E-state index in [4.69, 9.17) is 14.3 Å². The second kappa shape index (κ2) is 12.7.